The highest BCUT2D eigenvalue weighted by atomic mass is 16.3. The molecule has 2 heterocycles. The minimum atomic E-state index is -0.382. The molecule has 136 valence electrons. The molecule has 4 nitrogen and oxygen atoms in total. The van der Waals surface area contributed by atoms with Gasteiger partial charge in [-0.15, -0.1) is 0 Å². The van der Waals surface area contributed by atoms with Crippen molar-refractivity contribution in [2.75, 3.05) is 13.1 Å². The van der Waals surface area contributed by atoms with Gasteiger partial charge in [0.2, 0.25) is 5.91 Å². The Bertz CT molecular complexity index is 800. The van der Waals surface area contributed by atoms with E-state index >= 15 is 0 Å². The third kappa shape index (κ3) is 2.17. The summed E-state index contributed by atoms with van der Waals surface area (Å²) < 4.78 is 0. The maximum Gasteiger partial charge on any atom is 0.250 e. The summed E-state index contributed by atoms with van der Waals surface area (Å²) in [5.74, 6) is 3.17. The van der Waals surface area contributed by atoms with Crippen molar-refractivity contribution in [2.24, 2.45) is 29.6 Å². The van der Waals surface area contributed by atoms with Crippen LogP contribution in [0.25, 0.3) is 6.08 Å². The number of fused-ring (bicyclic) bond motifs is 2. The van der Waals surface area contributed by atoms with Crippen LogP contribution in [0.2, 0.25) is 0 Å². The summed E-state index contributed by atoms with van der Waals surface area (Å²) in [5.41, 5.74) is 3.05. The number of amides is 1. The molecule has 4 heteroatoms. The molecule has 1 saturated heterocycles. The molecular weight excluding hydrogens is 324 g/mol. The number of nitrogens with zero attached hydrogens (tertiary/aromatic N) is 2. The molecule has 6 atom stereocenters. The van der Waals surface area contributed by atoms with Crippen LogP contribution < -0.4 is 0 Å². The molecule has 2 unspecified atom stereocenters. The topological polar surface area (TPSA) is 53.4 Å². The molecule has 5 fully saturated rings. The fourth-order valence-corrected chi connectivity index (χ4v) is 7.14. The van der Waals surface area contributed by atoms with E-state index in [0.717, 1.165) is 55.8 Å². The summed E-state index contributed by atoms with van der Waals surface area (Å²) in [6, 6.07) is 2.09. The Morgan fingerprint density at radius 3 is 2.81 bits per heavy atom. The van der Waals surface area contributed by atoms with Crippen molar-refractivity contribution in [3.8, 4) is 0 Å². The van der Waals surface area contributed by atoms with Crippen molar-refractivity contribution in [3.63, 3.8) is 0 Å². The molecule has 7 rings (SSSR count). The van der Waals surface area contributed by atoms with Gasteiger partial charge >= 0.3 is 0 Å². The second-order valence-electron chi connectivity index (χ2n) is 9.64. The number of hydrogen-bond donors (Lipinski definition) is 1. The maximum atomic E-state index is 13.1. The Morgan fingerprint density at radius 1 is 1.23 bits per heavy atom. The van der Waals surface area contributed by atoms with Crippen molar-refractivity contribution in [3.05, 3.63) is 35.2 Å². The summed E-state index contributed by atoms with van der Waals surface area (Å²) in [6.45, 7) is 1.77. The average molecular weight is 350 g/mol. The lowest BCUT2D eigenvalue weighted by Gasteiger charge is -2.58. The molecule has 1 N–H and O–H groups in total. The van der Waals surface area contributed by atoms with Crippen molar-refractivity contribution in [2.45, 2.75) is 44.1 Å². The summed E-state index contributed by atoms with van der Waals surface area (Å²) in [7, 11) is 0. The quantitative estimate of drug-likeness (QED) is 0.892. The molecule has 1 aromatic rings. The smallest absolute Gasteiger partial charge is 0.250 e. The zero-order valence-corrected chi connectivity index (χ0v) is 15.1. The van der Waals surface area contributed by atoms with Gasteiger partial charge in [0.15, 0.2) is 0 Å². The lowest BCUT2D eigenvalue weighted by molar-refractivity contribution is -0.157. The van der Waals surface area contributed by atoms with Crippen molar-refractivity contribution in [1.29, 1.82) is 0 Å². The Balaban J connectivity index is 1.23. The van der Waals surface area contributed by atoms with Gasteiger partial charge in [0.25, 0.3) is 0 Å². The van der Waals surface area contributed by atoms with E-state index in [1.165, 1.54) is 18.4 Å². The van der Waals surface area contributed by atoms with E-state index < -0.39 is 0 Å². The van der Waals surface area contributed by atoms with Crippen LogP contribution in [0.3, 0.4) is 0 Å². The van der Waals surface area contributed by atoms with Crippen molar-refractivity contribution in [1.82, 2.24) is 9.88 Å². The summed E-state index contributed by atoms with van der Waals surface area (Å²) in [4.78, 5) is 19.4. The number of aliphatic hydroxyl groups is 1. The second kappa shape index (κ2) is 5.19. The SMILES string of the molecule is O=C1C2=Cc3cnccc3CC2CN1C[C@H]1[C@@H]2CC3C[C@H]1C[C@](O)(C3)C2. The van der Waals surface area contributed by atoms with E-state index in [-0.39, 0.29) is 11.5 Å². The predicted molar refractivity (Wildman–Crippen MR) is 98.0 cm³/mol. The maximum absolute atomic E-state index is 13.1. The first-order valence-corrected chi connectivity index (χ1v) is 10.2. The van der Waals surface area contributed by atoms with Crippen LogP contribution in [0.5, 0.6) is 0 Å². The van der Waals surface area contributed by atoms with E-state index in [1.807, 2.05) is 12.4 Å². The van der Waals surface area contributed by atoms with E-state index in [4.69, 9.17) is 0 Å². The van der Waals surface area contributed by atoms with Gasteiger partial charge < -0.3 is 10.0 Å². The molecule has 1 aromatic heterocycles. The van der Waals surface area contributed by atoms with Crippen LogP contribution in [0, 0.1) is 29.6 Å². The Kier molecular flexibility index (Phi) is 3.07. The third-order valence-electron chi connectivity index (χ3n) is 8.01. The van der Waals surface area contributed by atoms with Crippen LogP contribution in [0.4, 0.5) is 0 Å². The Hall–Kier alpha value is -1.68. The fraction of sp³-hybridized carbons (Fsp3) is 0.636. The third-order valence-corrected chi connectivity index (χ3v) is 8.01. The number of carbonyl (C=O) groups is 1. The fourth-order valence-electron chi connectivity index (χ4n) is 7.14. The minimum absolute atomic E-state index is 0.247. The van der Waals surface area contributed by atoms with Gasteiger partial charge in [-0.25, -0.2) is 0 Å². The number of aromatic nitrogens is 1. The molecule has 1 amide bonds. The van der Waals surface area contributed by atoms with Gasteiger partial charge in [-0.05, 0) is 85.5 Å². The Labute approximate surface area is 154 Å². The Morgan fingerprint density at radius 2 is 2.04 bits per heavy atom. The second-order valence-corrected chi connectivity index (χ2v) is 9.64. The first kappa shape index (κ1) is 15.4. The molecule has 6 aliphatic rings. The van der Waals surface area contributed by atoms with Gasteiger partial charge in [0.1, 0.15) is 0 Å². The van der Waals surface area contributed by atoms with Crippen molar-refractivity contribution >= 4 is 12.0 Å². The predicted octanol–water partition coefficient (Wildman–Crippen LogP) is 2.67. The molecule has 4 saturated carbocycles. The molecular formula is C22H26N2O2. The van der Waals surface area contributed by atoms with Gasteiger partial charge in [-0.3, -0.25) is 9.78 Å². The normalized spacial score (nSPS) is 42.7. The zero-order chi connectivity index (χ0) is 17.5. The van der Waals surface area contributed by atoms with Crippen molar-refractivity contribution < 1.29 is 9.90 Å². The monoisotopic (exact) mass is 350 g/mol. The number of hydrogen-bond acceptors (Lipinski definition) is 3. The van der Waals surface area contributed by atoms with Gasteiger partial charge in [0, 0.05) is 37.0 Å². The van der Waals surface area contributed by atoms with Gasteiger partial charge in [-0.2, -0.15) is 0 Å². The molecule has 0 spiro atoms. The highest BCUT2D eigenvalue weighted by Crippen LogP contribution is 2.58. The van der Waals surface area contributed by atoms with Crippen LogP contribution in [-0.4, -0.2) is 39.6 Å². The van der Waals surface area contributed by atoms with E-state index in [9.17, 15) is 9.90 Å². The minimum Gasteiger partial charge on any atom is -0.390 e. The lowest BCUT2D eigenvalue weighted by atomic mass is 9.50. The zero-order valence-electron chi connectivity index (χ0n) is 15.1. The molecule has 26 heavy (non-hydrogen) atoms. The van der Waals surface area contributed by atoms with E-state index in [0.29, 0.717) is 23.7 Å². The average Bonchev–Trinajstić information content (AvgIpc) is 2.90. The summed E-state index contributed by atoms with van der Waals surface area (Å²) in [5, 5.41) is 10.8. The number of carbonyl (C=O) groups excluding carboxylic acids is 1. The molecule has 0 radical (unpaired) electrons. The highest BCUT2D eigenvalue weighted by Gasteiger charge is 2.55. The molecule has 4 bridgehead atoms. The van der Waals surface area contributed by atoms with Crippen LogP contribution in [-0.2, 0) is 11.2 Å². The molecule has 0 aromatic carbocycles. The lowest BCUT2D eigenvalue weighted by Crippen LogP contribution is -2.56. The van der Waals surface area contributed by atoms with Crippen LogP contribution in [0.1, 0.15) is 43.2 Å². The highest BCUT2D eigenvalue weighted by molar-refractivity contribution is 6.01. The summed E-state index contributed by atoms with van der Waals surface area (Å²) in [6.07, 6.45) is 12.3. The van der Waals surface area contributed by atoms with E-state index in [2.05, 4.69) is 22.0 Å². The summed E-state index contributed by atoms with van der Waals surface area (Å²) >= 11 is 0. The number of pyridine rings is 1. The van der Waals surface area contributed by atoms with Gasteiger partial charge in [-0.1, -0.05) is 0 Å². The first-order chi connectivity index (χ1) is 12.6. The first-order valence-electron chi connectivity index (χ1n) is 10.2. The number of likely N-dealkylation sites (tertiary alicyclic amines) is 1. The van der Waals surface area contributed by atoms with Crippen LogP contribution >= 0.6 is 0 Å². The molecule has 1 aliphatic heterocycles. The standard InChI is InChI=1S/C22H26N2O2/c25-21-19-6-17-10-23-2-1-14(17)5-18(19)11-24(21)12-20-15-3-13-4-16(20)9-22(26,7-13)8-15/h1-2,6,10,13,15-16,18,20,26H,3-5,7-9,11-12H2/t13?,15-,16+,18?,20+,22+. The largest absolute Gasteiger partial charge is 0.390 e. The molecule has 5 aliphatic carbocycles. The van der Waals surface area contributed by atoms with Gasteiger partial charge in [0.05, 0.1) is 5.60 Å². The van der Waals surface area contributed by atoms with E-state index in [1.54, 1.807) is 0 Å². The number of rotatable bonds is 2. The van der Waals surface area contributed by atoms with Crippen LogP contribution in [0.15, 0.2) is 24.0 Å².